The molecule has 4 aromatic rings. The van der Waals surface area contributed by atoms with Gasteiger partial charge in [0.1, 0.15) is 5.82 Å². The molecule has 0 atom stereocenters. The molecule has 2 aromatic carbocycles. The van der Waals surface area contributed by atoms with Gasteiger partial charge >= 0.3 is 5.69 Å². The van der Waals surface area contributed by atoms with Crippen LogP contribution < -0.4 is 16.7 Å². The number of nitrogens with zero attached hydrogens (tertiary/aromatic N) is 6. The normalized spacial score (nSPS) is 11.4. The Morgan fingerprint density at radius 2 is 1.88 bits per heavy atom. The van der Waals surface area contributed by atoms with Crippen LogP contribution in [0.25, 0.3) is 11.2 Å². The van der Waals surface area contributed by atoms with Crippen LogP contribution >= 0.6 is 0 Å². The molecular formula is C21H18FN7O4. The molecule has 0 bridgehead atoms. The van der Waals surface area contributed by atoms with Gasteiger partial charge in [-0.1, -0.05) is 24.3 Å². The van der Waals surface area contributed by atoms with Gasteiger partial charge in [0.25, 0.3) is 11.2 Å². The number of nitrogens with one attached hydrogen (secondary N) is 1. The van der Waals surface area contributed by atoms with Crippen molar-refractivity contribution in [3.63, 3.8) is 0 Å². The van der Waals surface area contributed by atoms with Gasteiger partial charge in [0, 0.05) is 31.8 Å². The Balaban J connectivity index is 1.79. The first kappa shape index (κ1) is 21.6. The summed E-state index contributed by atoms with van der Waals surface area (Å²) in [6.45, 7) is 0.152. The highest BCUT2D eigenvalue weighted by molar-refractivity contribution is 5.81. The highest BCUT2D eigenvalue weighted by Gasteiger charge is 2.19. The third-order valence-corrected chi connectivity index (χ3v) is 5.06. The lowest BCUT2D eigenvalue weighted by molar-refractivity contribution is -0.384. The number of hydrogen-bond acceptors (Lipinski definition) is 7. The molecular weight excluding hydrogens is 433 g/mol. The lowest BCUT2D eigenvalue weighted by Gasteiger charge is -2.09. The van der Waals surface area contributed by atoms with Gasteiger partial charge in [0.2, 0.25) is 5.95 Å². The average molecular weight is 451 g/mol. The summed E-state index contributed by atoms with van der Waals surface area (Å²) >= 11 is 0. The van der Waals surface area contributed by atoms with E-state index in [1.807, 2.05) is 0 Å². The number of nitro benzene ring substituents is 1. The van der Waals surface area contributed by atoms with E-state index < -0.39 is 22.0 Å². The van der Waals surface area contributed by atoms with Crippen LogP contribution in [-0.2, 0) is 20.6 Å². The van der Waals surface area contributed by atoms with Gasteiger partial charge in [-0.25, -0.2) is 14.6 Å². The molecule has 0 fully saturated rings. The standard InChI is InChI=1S/C21H18FN7O4/c1-26-18-17(19(30)27(2)21(26)31)28(12-13-6-8-15(22)9-7-13)20(24-18)25-23-11-14-4-3-5-16(10-14)29(32)33/h3-11H,12H2,1-2H3,(H,24,25)/b23-11-. The predicted octanol–water partition coefficient (Wildman–Crippen LogP) is 1.98. The molecule has 168 valence electrons. The van der Waals surface area contributed by atoms with Crippen molar-refractivity contribution in [1.82, 2.24) is 18.7 Å². The summed E-state index contributed by atoms with van der Waals surface area (Å²) in [6.07, 6.45) is 1.37. The molecule has 12 heteroatoms. The monoisotopic (exact) mass is 451 g/mol. The lowest BCUT2D eigenvalue weighted by Crippen LogP contribution is -2.37. The zero-order chi connectivity index (χ0) is 23.7. The second-order valence-corrected chi connectivity index (χ2v) is 7.25. The zero-order valence-electron chi connectivity index (χ0n) is 17.6. The molecule has 0 amide bonds. The molecule has 2 aromatic heterocycles. The zero-order valence-corrected chi connectivity index (χ0v) is 17.6. The van der Waals surface area contributed by atoms with Crippen LogP contribution in [0, 0.1) is 15.9 Å². The van der Waals surface area contributed by atoms with E-state index in [0.717, 1.165) is 4.57 Å². The molecule has 1 N–H and O–H groups in total. The Bertz CT molecular complexity index is 1520. The molecule has 33 heavy (non-hydrogen) atoms. The second-order valence-electron chi connectivity index (χ2n) is 7.25. The molecule has 11 nitrogen and oxygen atoms in total. The SMILES string of the molecule is Cn1c(=O)c2c(nc(N/N=C\c3cccc([N+](=O)[O-])c3)n2Cc2ccc(F)cc2)n(C)c1=O. The number of hydrazone groups is 1. The van der Waals surface area contributed by atoms with Gasteiger partial charge in [0.15, 0.2) is 11.2 Å². The number of halogens is 1. The smallest absolute Gasteiger partial charge is 0.298 e. The van der Waals surface area contributed by atoms with E-state index in [4.69, 9.17) is 0 Å². The third kappa shape index (κ3) is 4.13. The Labute approximate surface area is 185 Å². The minimum absolute atomic E-state index is 0.0824. The topological polar surface area (TPSA) is 129 Å². The number of anilines is 1. The molecule has 0 unspecified atom stereocenters. The van der Waals surface area contributed by atoms with E-state index in [9.17, 15) is 24.1 Å². The van der Waals surface area contributed by atoms with E-state index in [-0.39, 0.29) is 29.3 Å². The highest BCUT2D eigenvalue weighted by atomic mass is 19.1. The third-order valence-electron chi connectivity index (χ3n) is 5.06. The molecule has 0 aliphatic heterocycles. The first-order valence-corrected chi connectivity index (χ1v) is 9.70. The first-order chi connectivity index (χ1) is 15.8. The Hall–Kier alpha value is -4.61. The van der Waals surface area contributed by atoms with E-state index in [1.54, 1.807) is 18.2 Å². The van der Waals surface area contributed by atoms with Crippen molar-refractivity contribution in [2.24, 2.45) is 19.2 Å². The van der Waals surface area contributed by atoms with Crippen molar-refractivity contribution < 1.29 is 9.31 Å². The van der Waals surface area contributed by atoms with Crippen LogP contribution in [0.1, 0.15) is 11.1 Å². The van der Waals surface area contributed by atoms with Gasteiger partial charge in [0.05, 0.1) is 17.7 Å². The average Bonchev–Trinajstić information content (AvgIpc) is 3.16. The number of benzene rings is 2. The van der Waals surface area contributed by atoms with Crippen LogP contribution in [-0.4, -0.2) is 29.8 Å². The quantitative estimate of drug-likeness (QED) is 0.271. The van der Waals surface area contributed by atoms with Crippen molar-refractivity contribution >= 4 is 29.0 Å². The van der Waals surface area contributed by atoms with Crippen molar-refractivity contribution in [3.05, 3.63) is 96.4 Å². The largest absolute Gasteiger partial charge is 0.332 e. The Morgan fingerprint density at radius 1 is 1.15 bits per heavy atom. The Kier molecular flexibility index (Phi) is 5.56. The number of imidazole rings is 1. The van der Waals surface area contributed by atoms with Gasteiger partial charge in [-0.15, -0.1) is 0 Å². The molecule has 0 aliphatic rings. The number of hydrogen-bond donors (Lipinski definition) is 1. The van der Waals surface area contributed by atoms with Crippen molar-refractivity contribution in [1.29, 1.82) is 0 Å². The summed E-state index contributed by atoms with van der Waals surface area (Å²) < 4.78 is 17.1. The minimum Gasteiger partial charge on any atom is -0.298 e. The number of aromatic nitrogens is 4. The maximum atomic E-state index is 13.3. The van der Waals surface area contributed by atoms with E-state index in [1.165, 1.54) is 59.8 Å². The summed E-state index contributed by atoms with van der Waals surface area (Å²) in [7, 11) is 2.86. The van der Waals surface area contributed by atoms with Gasteiger partial charge in [-0.3, -0.25) is 28.6 Å². The van der Waals surface area contributed by atoms with Crippen LogP contribution in [0.3, 0.4) is 0 Å². The molecule has 2 heterocycles. The fraction of sp³-hybridized carbons (Fsp3) is 0.143. The van der Waals surface area contributed by atoms with Gasteiger partial charge in [-0.2, -0.15) is 10.1 Å². The van der Waals surface area contributed by atoms with Crippen LogP contribution in [0.5, 0.6) is 0 Å². The second kappa shape index (κ2) is 8.49. The lowest BCUT2D eigenvalue weighted by atomic mass is 10.2. The summed E-state index contributed by atoms with van der Waals surface area (Å²) in [5.41, 5.74) is 3.06. The maximum Gasteiger partial charge on any atom is 0.332 e. The highest BCUT2D eigenvalue weighted by Crippen LogP contribution is 2.18. The summed E-state index contributed by atoms with van der Waals surface area (Å²) in [5, 5.41) is 15.0. The molecule has 0 radical (unpaired) electrons. The number of nitro groups is 1. The summed E-state index contributed by atoms with van der Waals surface area (Å²) in [4.78, 5) is 40.0. The van der Waals surface area contributed by atoms with Crippen molar-refractivity contribution in [2.45, 2.75) is 6.54 Å². The van der Waals surface area contributed by atoms with Gasteiger partial charge in [-0.05, 0) is 17.7 Å². The fourth-order valence-corrected chi connectivity index (χ4v) is 3.34. The molecule has 0 spiro atoms. The number of rotatable bonds is 6. The first-order valence-electron chi connectivity index (χ1n) is 9.70. The number of aryl methyl sites for hydroxylation is 1. The molecule has 0 saturated carbocycles. The maximum absolute atomic E-state index is 13.3. The Morgan fingerprint density at radius 3 is 2.58 bits per heavy atom. The fourth-order valence-electron chi connectivity index (χ4n) is 3.34. The minimum atomic E-state index is -0.543. The number of non-ortho nitro benzene ring substituents is 1. The van der Waals surface area contributed by atoms with Crippen LogP contribution in [0.2, 0.25) is 0 Å². The molecule has 0 aliphatic carbocycles. The van der Waals surface area contributed by atoms with Crippen molar-refractivity contribution in [2.75, 3.05) is 5.43 Å². The van der Waals surface area contributed by atoms with E-state index in [0.29, 0.717) is 11.1 Å². The van der Waals surface area contributed by atoms with Gasteiger partial charge < -0.3 is 0 Å². The summed E-state index contributed by atoms with van der Waals surface area (Å²) in [6, 6.07) is 11.6. The molecule has 4 rings (SSSR count). The summed E-state index contributed by atoms with van der Waals surface area (Å²) in [5.74, 6) is -0.234. The predicted molar refractivity (Wildman–Crippen MR) is 120 cm³/mol. The van der Waals surface area contributed by atoms with Crippen molar-refractivity contribution in [3.8, 4) is 0 Å². The van der Waals surface area contributed by atoms with E-state index >= 15 is 0 Å². The molecule has 0 saturated heterocycles. The van der Waals surface area contributed by atoms with Crippen LogP contribution in [0.15, 0.2) is 63.2 Å². The number of fused-ring (bicyclic) bond motifs is 1. The van der Waals surface area contributed by atoms with E-state index in [2.05, 4.69) is 15.5 Å². The van der Waals surface area contributed by atoms with Crippen LogP contribution in [0.4, 0.5) is 16.0 Å².